The SMILES string of the molecule is NNc1ncc(Br)c(OCCc2cccs2)n1. The van der Waals surface area contributed by atoms with Crippen molar-refractivity contribution >= 4 is 33.2 Å². The molecule has 0 aliphatic heterocycles. The molecule has 0 atom stereocenters. The fourth-order valence-corrected chi connectivity index (χ4v) is 2.22. The van der Waals surface area contributed by atoms with Crippen molar-refractivity contribution in [2.24, 2.45) is 5.84 Å². The van der Waals surface area contributed by atoms with Crippen molar-refractivity contribution in [3.8, 4) is 5.88 Å². The molecular formula is C10H11BrN4OS. The number of nitrogens with one attached hydrogen (secondary N) is 1. The summed E-state index contributed by atoms with van der Waals surface area (Å²) in [5.74, 6) is 6.05. The minimum atomic E-state index is 0.333. The van der Waals surface area contributed by atoms with Crippen molar-refractivity contribution in [1.29, 1.82) is 0 Å². The van der Waals surface area contributed by atoms with E-state index in [1.165, 1.54) is 4.88 Å². The number of anilines is 1. The van der Waals surface area contributed by atoms with Gasteiger partial charge < -0.3 is 4.74 Å². The number of nitrogens with two attached hydrogens (primary N) is 1. The lowest BCUT2D eigenvalue weighted by atomic mass is 10.4. The maximum absolute atomic E-state index is 5.57. The zero-order valence-corrected chi connectivity index (χ0v) is 11.3. The summed E-state index contributed by atoms with van der Waals surface area (Å²) in [7, 11) is 0. The Balaban J connectivity index is 1.94. The number of halogens is 1. The Bertz CT molecular complexity index is 477. The van der Waals surface area contributed by atoms with Gasteiger partial charge in [0.2, 0.25) is 11.8 Å². The van der Waals surface area contributed by atoms with Gasteiger partial charge in [0.15, 0.2) is 0 Å². The van der Waals surface area contributed by atoms with E-state index in [1.807, 2.05) is 11.4 Å². The van der Waals surface area contributed by atoms with Crippen LogP contribution in [0.1, 0.15) is 4.88 Å². The number of nitrogens with zero attached hydrogens (tertiary/aromatic N) is 2. The van der Waals surface area contributed by atoms with Crippen LogP contribution in [0.3, 0.4) is 0 Å². The lowest BCUT2D eigenvalue weighted by Gasteiger charge is -2.07. The Morgan fingerprint density at radius 1 is 1.53 bits per heavy atom. The molecule has 0 saturated heterocycles. The van der Waals surface area contributed by atoms with Gasteiger partial charge in [-0.3, -0.25) is 5.43 Å². The Hall–Kier alpha value is -1.18. The average Bonchev–Trinajstić information content (AvgIpc) is 2.84. The van der Waals surface area contributed by atoms with E-state index in [2.05, 4.69) is 37.4 Å². The summed E-state index contributed by atoms with van der Waals surface area (Å²) in [6.07, 6.45) is 2.46. The first-order valence-corrected chi connectivity index (χ1v) is 6.61. The molecule has 90 valence electrons. The Morgan fingerprint density at radius 3 is 3.12 bits per heavy atom. The molecule has 17 heavy (non-hydrogen) atoms. The second-order valence-corrected chi connectivity index (χ2v) is 5.06. The molecule has 2 aromatic heterocycles. The Kier molecular flexibility index (Phi) is 4.29. The van der Waals surface area contributed by atoms with Crippen molar-refractivity contribution in [3.63, 3.8) is 0 Å². The lowest BCUT2D eigenvalue weighted by molar-refractivity contribution is 0.308. The molecule has 0 bridgehead atoms. The van der Waals surface area contributed by atoms with Crippen LogP contribution in [-0.2, 0) is 6.42 Å². The van der Waals surface area contributed by atoms with Gasteiger partial charge in [0, 0.05) is 11.3 Å². The molecule has 0 aliphatic carbocycles. The van der Waals surface area contributed by atoms with Gasteiger partial charge in [-0.1, -0.05) is 6.07 Å². The Morgan fingerprint density at radius 2 is 2.41 bits per heavy atom. The van der Waals surface area contributed by atoms with Crippen LogP contribution in [0.2, 0.25) is 0 Å². The van der Waals surface area contributed by atoms with Crippen molar-refractivity contribution in [2.45, 2.75) is 6.42 Å². The molecule has 2 aromatic rings. The summed E-state index contributed by atoms with van der Waals surface area (Å²) >= 11 is 5.04. The molecule has 2 rings (SSSR count). The first-order valence-electron chi connectivity index (χ1n) is 4.94. The van der Waals surface area contributed by atoms with Gasteiger partial charge >= 0.3 is 0 Å². The second kappa shape index (κ2) is 5.95. The quantitative estimate of drug-likeness (QED) is 0.654. The van der Waals surface area contributed by atoms with Gasteiger partial charge in [0.05, 0.1) is 17.3 Å². The normalized spacial score (nSPS) is 10.2. The predicted molar refractivity (Wildman–Crippen MR) is 71.1 cm³/mol. The van der Waals surface area contributed by atoms with Gasteiger partial charge in [0.25, 0.3) is 0 Å². The highest BCUT2D eigenvalue weighted by atomic mass is 79.9. The Labute approximate surface area is 111 Å². The number of rotatable bonds is 5. The van der Waals surface area contributed by atoms with Gasteiger partial charge in [-0.25, -0.2) is 10.8 Å². The average molecular weight is 315 g/mol. The molecule has 0 saturated carbocycles. The fraction of sp³-hybridized carbons (Fsp3) is 0.200. The molecule has 5 nitrogen and oxygen atoms in total. The van der Waals surface area contributed by atoms with Crippen molar-refractivity contribution in [1.82, 2.24) is 9.97 Å². The van der Waals surface area contributed by atoms with Crippen LogP contribution >= 0.6 is 27.3 Å². The number of hydrogen-bond acceptors (Lipinski definition) is 6. The predicted octanol–water partition coefficient (Wildman–Crippen LogP) is 2.21. The van der Waals surface area contributed by atoms with Crippen LogP contribution in [-0.4, -0.2) is 16.6 Å². The molecule has 0 fully saturated rings. The number of ether oxygens (including phenoxy) is 1. The van der Waals surface area contributed by atoms with Crippen molar-refractivity contribution in [2.75, 3.05) is 12.0 Å². The van der Waals surface area contributed by atoms with Gasteiger partial charge in [0.1, 0.15) is 0 Å². The van der Waals surface area contributed by atoms with E-state index >= 15 is 0 Å². The highest BCUT2D eigenvalue weighted by Gasteiger charge is 2.05. The maximum Gasteiger partial charge on any atom is 0.240 e. The van der Waals surface area contributed by atoms with Gasteiger partial charge in [-0.15, -0.1) is 11.3 Å². The lowest BCUT2D eigenvalue weighted by Crippen LogP contribution is -2.11. The molecule has 0 radical (unpaired) electrons. The minimum Gasteiger partial charge on any atom is -0.476 e. The highest BCUT2D eigenvalue weighted by molar-refractivity contribution is 9.10. The number of thiophene rings is 1. The molecular weight excluding hydrogens is 304 g/mol. The molecule has 0 aromatic carbocycles. The number of nitrogen functional groups attached to an aromatic ring is 1. The largest absolute Gasteiger partial charge is 0.476 e. The van der Waals surface area contributed by atoms with E-state index in [4.69, 9.17) is 10.6 Å². The van der Waals surface area contributed by atoms with E-state index in [0.717, 1.165) is 6.42 Å². The third-order valence-electron chi connectivity index (χ3n) is 2.01. The standard InChI is InChI=1S/C10H11BrN4OS/c11-8-6-13-10(15-12)14-9(8)16-4-3-7-2-1-5-17-7/h1-2,5-6H,3-4,12H2,(H,13,14,15). The van der Waals surface area contributed by atoms with E-state index in [-0.39, 0.29) is 0 Å². The smallest absolute Gasteiger partial charge is 0.240 e. The van der Waals surface area contributed by atoms with E-state index in [0.29, 0.717) is 22.9 Å². The molecule has 3 N–H and O–H groups in total. The van der Waals surface area contributed by atoms with Gasteiger partial charge in [-0.2, -0.15) is 4.98 Å². The molecule has 0 amide bonds. The van der Waals surface area contributed by atoms with Crippen LogP contribution in [0.25, 0.3) is 0 Å². The van der Waals surface area contributed by atoms with Crippen molar-refractivity contribution in [3.05, 3.63) is 33.1 Å². The summed E-state index contributed by atoms with van der Waals surface area (Å²) in [4.78, 5) is 9.32. The zero-order valence-electron chi connectivity index (χ0n) is 8.89. The third-order valence-corrected chi connectivity index (χ3v) is 3.49. The summed E-state index contributed by atoms with van der Waals surface area (Å²) in [6, 6.07) is 4.10. The number of aromatic nitrogens is 2. The molecule has 7 heteroatoms. The maximum atomic E-state index is 5.57. The highest BCUT2D eigenvalue weighted by Crippen LogP contribution is 2.22. The molecule has 0 aliphatic rings. The van der Waals surface area contributed by atoms with Gasteiger partial charge in [-0.05, 0) is 27.4 Å². The van der Waals surface area contributed by atoms with Crippen molar-refractivity contribution < 1.29 is 4.74 Å². The number of hydrogen-bond donors (Lipinski definition) is 2. The number of hydrazine groups is 1. The second-order valence-electron chi connectivity index (χ2n) is 3.17. The van der Waals surface area contributed by atoms with Crippen LogP contribution < -0.4 is 16.0 Å². The monoisotopic (exact) mass is 314 g/mol. The summed E-state index contributed by atoms with van der Waals surface area (Å²) in [6.45, 7) is 0.570. The van der Waals surface area contributed by atoms with E-state index < -0.39 is 0 Å². The summed E-state index contributed by atoms with van der Waals surface area (Å²) < 4.78 is 6.28. The molecule has 0 spiro atoms. The minimum absolute atomic E-state index is 0.333. The van der Waals surface area contributed by atoms with Crippen LogP contribution in [0.5, 0.6) is 5.88 Å². The topological polar surface area (TPSA) is 73.1 Å². The van der Waals surface area contributed by atoms with Crippen LogP contribution in [0.15, 0.2) is 28.2 Å². The zero-order chi connectivity index (χ0) is 12.1. The molecule has 0 unspecified atom stereocenters. The molecule has 2 heterocycles. The fourth-order valence-electron chi connectivity index (χ4n) is 1.23. The summed E-state index contributed by atoms with van der Waals surface area (Å²) in [5.41, 5.74) is 2.38. The first-order chi connectivity index (χ1) is 8.29. The van der Waals surface area contributed by atoms with Crippen LogP contribution in [0.4, 0.5) is 5.95 Å². The van der Waals surface area contributed by atoms with E-state index in [1.54, 1.807) is 17.5 Å². The summed E-state index contributed by atoms with van der Waals surface area (Å²) in [5, 5.41) is 2.05. The first kappa shape index (κ1) is 12.3. The van der Waals surface area contributed by atoms with Crippen LogP contribution in [0, 0.1) is 0 Å². The van der Waals surface area contributed by atoms with E-state index in [9.17, 15) is 0 Å². The third kappa shape index (κ3) is 3.39.